The molecular formula is C20H25N3O2. The van der Waals surface area contributed by atoms with Crippen molar-refractivity contribution in [3.8, 4) is 0 Å². The van der Waals surface area contributed by atoms with Crippen molar-refractivity contribution in [1.29, 1.82) is 0 Å². The Morgan fingerprint density at radius 3 is 2.60 bits per heavy atom. The van der Waals surface area contributed by atoms with Gasteiger partial charge in [-0.2, -0.15) is 0 Å². The third kappa shape index (κ3) is 4.04. The fourth-order valence-electron chi connectivity index (χ4n) is 3.52. The number of aromatic nitrogens is 2. The molecule has 1 aliphatic carbocycles. The lowest BCUT2D eigenvalue weighted by Crippen LogP contribution is -2.48. The highest BCUT2D eigenvalue weighted by Crippen LogP contribution is 2.26. The minimum Gasteiger partial charge on any atom is -0.391 e. The zero-order valence-corrected chi connectivity index (χ0v) is 14.9. The molecule has 5 nitrogen and oxygen atoms in total. The van der Waals surface area contributed by atoms with E-state index in [1.165, 1.54) is 0 Å². The summed E-state index contributed by atoms with van der Waals surface area (Å²) < 4.78 is 0. The van der Waals surface area contributed by atoms with E-state index in [0.29, 0.717) is 23.6 Å². The van der Waals surface area contributed by atoms with Gasteiger partial charge < -0.3 is 10.0 Å². The van der Waals surface area contributed by atoms with Crippen LogP contribution < -0.4 is 0 Å². The van der Waals surface area contributed by atoms with Gasteiger partial charge in [0.15, 0.2) is 0 Å². The van der Waals surface area contributed by atoms with Crippen molar-refractivity contribution in [2.45, 2.75) is 58.2 Å². The highest BCUT2D eigenvalue weighted by molar-refractivity contribution is 5.95. The molecule has 1 heterocycles. The second-order valence-electron chi connectivity index (χ2n) is 6.75. The first-order valence-corrected chi connectivity index (χ1v) is 8.89. The normalized spacial score (nSPS) is 20.3. The van der Waals surface area contributed by atoms with E-state index >= 15 is 0 Å². The van der Waals surface area contributed by atoms with E-state index in [9.17, 15) is 9.90 Å². The van der Waals surface area contributed by atoms with Crippen LogP contribution in [0.25, 0.3) is 0 Å². The van der Waals surface area contributed by atoms with Crippen LogP contribution in [-0.4, -0.2) is 38.0 Å². The highest BCUT2D eigenvalue weighted by Gasteiger charge is 2.33. The Morgan fingerprint density at radius 1 is 1.20 bits per heavy atom. The quantitative estimate of drug-likeness (QED) is 0.930. The summed E-state index contributed by atoms with van der Waals surface area (Å²) in [4.78, 5) is 23.6. The lowest BCUT2D eigenvalue weighted by molar-refractivity contribution is 0.0148. The van der Waals surface area contributed by atoms with E-state index in [1.807, 2.05) is 44.2 Å². The number of aliphatic hydroxyl groups is 1. The minimum absolute atomic E-state index is 0.104. The number of amides is 1. The molecule has 1 aromatic heterocycles. The lowest BCUT2D eigenvalue weighted by atomic mass is 9.90. The van der Waals surface area contributed by atoms with Crippen LogP contribution in [0.4, 0.5) is 0 Å². The number of aryl methyl sites for hydroxylation is 2. The predicted octanol–water partition coefficient (Wildman–Crippen LogP) is 3.04. The molecule has 0 aliphatic heterocycles. The summed E-state index contributed by atoms with van der Waals surface area (Å²) in [6.45, 7) is 4.13. The van der Waals surface area contributed by atoms with Crippen molar-refractivity contribution >= 4 is 5.91 Å². The molecule has 1 amide bonds. The number of rotatable bonds is 4. The van der Waals surface area contributed by atoms with Crippen LogP contribution in [0.1, 0.15) is 53.1 Å². The van der Waals surface area contributed by atoms with Gasteiger partial charge in [-0.1, -0.05) is 43.2 Å². The van der Waals surface area contributed by atoms with Crippen molar-refractivity contribution < 1.29 is 9.90 Å². The fraction of sp³-hybridized carbons (Fsp3) is 0.450. The first-order valence-electron chi connectivity index (χ1n) is 8.89. The maximum Gasteiger partial charge on any atom is 0.257 e. The van der Waals surface area contributed by atoms with Crippen molar-refractivity contribution in [2.24, 2.45) is 0 Å². The predicted molar refractivity (Wildman–Crippen MR) is 96.1 cm³/mol. The summed E-state index contributed by atoms with van der Waals surface area (Å²) >= 11 is 0. The van der Waals surface area contributed by atoms with E-state index in [-0.39, 0.29) is 11.9 Å². The number of aliphatic hydroxyl groups excluding tert-OH is 1. The van der Waals surface area contributed by atoms with Gasteiger partial charge >= 0.3 is 0 Å². The molecule has 0 spiro atoms. The molecule has 0 unspecified atom stereocenters. The first-order chi connectivity index (χ1) is 12.1. The fourth-order valence-corrected chi connectivity index (χ4v) is 3.52. The number of carbonyl (C=O) groups excluding carboxylic acids is 1. The van der Waals surface area contributed by atoms with Gasteiger partial charge in [0.1, 0.15) is 5.82 Å². The average Bonchev–Trinajstić information content (AvgIpc) is 2.61. The smallest absolute Gasteiger partial charge is 0.257 e. The summed E-state index contributed by atoms with van der Waals surface area (Å²) in [7, 11) is 0. The molecule has 132 valence electrons. The van der Waals surface area contributed by atoms with Gasteiger partial charge in [-0.15, -0.1) is 0 Å². The SMILES string of the molecule is Cc1ncc(C(=O)N(Cc2ccccc2)[C@@H]2CCCC[C@H]2O)c(C)n1. The maximum absolute atomic E-state index is 13.3. The summed E-state index contributed by atoms with van der Waals surface area (Å²) in [5, 5.41) is 10.5. The Morgan fingerprint density at radius 2 is 1.92 bits per heavy atom. The van der Waals surface area contributed by atoms with Crippen LogP contribution in [0.15, 0.2) is 36.5 Å². The van der Waals surface area contributed by atoms with E-state index in [0.717, 1.165) is 31.2 Å². The number of hydrogen-bond donors (Lipinski definition) is 1. The Balaban J connectivity index is 1.93. The highest BCUT2D eigenvalue weighted by atomic mass is 16.3. The largest absolute Gasteiger partial charge is 0.391 e. The Bertz CT molecular complexity index is 733. The van der Waals surface area contributed by atoms with Crippen LogP contribution in [0.2, 0.25) is 0 Å². The summed E-state index contributed by atoms with van der Waals surface area (Å²) in [5.74, 6) is 0.550. The average molecular weight is 339 g/mol. The standard InChI is InChI=1S/C20H25N3O2/c1-14-17(12-21-15(2)22-14)20(25)23(13-16-8-4-3-5-9-16)18-10-6-7-11-19(18)24/h3-5,8-9,12,18-19,24H,6-7,10-11,13H2,1-2H3/t18-,19-/m1/s1. The summed E-state index contributed by atoms with van der Waals surface area (Å²) in [6, 6.07) is 9.75. The third-order valence-corrected chi connectivity index (χ3v) is 4.88. The molecule has 1 saturated carbocycles. The number of hydrogen-bond acceptors (Lipinski definition) is 4. The molecule has 2 aromatic rings. The van der Waals surface area contributed by atoms with Gasteiger partial charge in [0.05, 0.1) is 23.4 Å². The Kier molecular flexibility index (Phi) is 5.43. The third-order valence-electron chi connectivity index (χ3n) is 4.88. The van der Waals surface area contributed by atoms with Gasteiger partial charge in [0.25, 0.3) is 5.91 Å². The first kappa shape index (κ1) is 17.5. The van der Waals surface area contributed by atoms with E-state index in [1.54, 1.807) is 11.1 Å². The van der Waals surface area contributed by atoms with Crippen molar-refractivity contribution in [3.05, 3.63) is 59.2 Å². The molecule has 0 saturated heterocycles. The molecule has 5 heteroatoms. The van der Waals surface area contributed by atoms with Crippen LogP contribution in [0.5, 0.6) is 0 Å². The minimum atomic E-state index is -0.479. The molecular weight excluding hydrogens is 314 g/mol. The number of carbonyl (C=O) groups is 1. The molecule has 0 bridgehead atoms. The second kappa shape index (κ2) is 7.74. The molecule has 1 aromatic carbocycles. The van der Waals surface area contributed by atoms with Gasteiger partial charge in [-0.3, -0.25) is 4.79 Å². The van der Waals surface area contributed by atoms with Crippen LogP contribution in [0.3, 0.4) is 0 Å². The van der Waals surface area contributed by atoms with Crippen molar-refractivity contribution in [3.63, 3.8) is 0 Å². The topological polar surface area (TPSA) is 66.3 Å². The molecule has 1 N–H and O–H groups in total. The van der Waals surface area contributed by atoms with E-state index in [2.05, 4.69) is 9.97 Å². The zero-order valence-electron chi connectivity index (χ0n) is 14.9. The van der Waals surface area contributed by atoms with Gasteiger partial charge in [0.2, 0.25) is 0 Å². The Hall–Kier alpha value is -2.27. The van der Waals surface area contributed by atoms with E-state index < -0.39 is 6.10 Å². The molecule has 3 rings (SSSR count). The number of benzene rings is 1. The zero-order chi connectivity index (χ0) is 17.8. The molecule has 1 fully saturated rings. The van der Waals surface area contributed by atoms with Crippen molar-refractivity contribution in [2.75, 3.05) is 0 Å². The van der Waals surface area contributed by atoms with Crippen LogP contribution >= 0.6 is 0 Å². The summed E-state index contributed by atoms with van der Waals surface area (Å²) in [6.07, 6.45) is 4.74. The van der Waals surface area contributed by atoms with E-state index in [4.69, 9.17) is 0 Å². The van der Waals surface area contributed by atoms with Crippen LogP contribution in [-0.2, 0) is 6.54 Å². The van der Waals surface area contributed by atoms with Crippen LogP contribution in [0, 0.1) is 13.8 Å². The summed E-state index contributed by atoms with van der Waals surface area (Å²) in [5.41, 5.74) is 2.25. The Labute approximate surface area is 148 Å². The van der Waals surface area contributed by atoms with Crippen molar-refractivity contribution in [1.82, 2.24) is 14.9 Å². The van der Waals surface area contributed by atoms with Gasteiger partial charge in [-0.25, -0.2) is 9.97 Å². The molecule has 25 heavy (non-hydrogen) atoms. The molecule has 1 aliphatic rings. The van der Waals surface area contributed by atoms with Gasteiger partial charge in [0, 0.05) is 12.7 Å². The molecule has 2 atom stereocenters. The molecule has 0 radical (unpaired) electrons. The second-order valence-corrected chi connectivity index (χ2v) is 6.75. The van der Waals surface area contributed by atoms with Gasteiger partial charge in [-0.05, 0) is 32.3 Å². The maximum atomic E-state index is 13.3. The monoisotopic (exact) mass is 339 g/mol. The number of nitrogens with zero attached hydrogens (tertiary/aromatic N) is 3. The lowest BCUT2D eigenvalue weighted by Gasteiger charge is -2.38.